The van der Waals surface area contributed by atoms with Crippen molar-refractivity contribution in [2.45, 2.75) is 19.5 Å². The van der Waals surface area contributed by atoms with Crippen molar-refractivity contribution >= 4 is 29.5 Å². The van der Waals surface area contributed by atoms with E-state index < -0.39 is 24.3 Å². The summed E-state index contributed by atoms with van der Waals surface area (Å²) in [6.45, 7) is 1.52. The third-order valence-electron chi connectivity index (χ3n) is 3.02. The molecule has 0 fully saturated rings. The van der Waals surface area contributed by atoms with Gasteiger partial charge in [0.25, 0.3) is 0 Å². The number of alkyl halides is 3. The summed E-state index contributed by atoms with van der Waals surface area (Å²) in [7, 11) is 0. The van der Waals surface area contributed by atoms with Crippen molar-refractivity contribution in [3.05, 3.63) is 47.3 Å². The van der Waals surface area contributed by atoms with E-state index in [0.717, 1.165) is 5.56 Å². The van der Waals surface area contributed by atoms with Crippen molar-refractivity contribution in [1.29, 1.82) is 0 Å². The molecule has 0 atom stereocenters. The van der Waals surface area contributed by atoms with Crippen LogP contribution in [0.5, 0.6) is 0 Å². The predicted octanol–water partition coefficient (Wildman–Crippen LogP) is 3.61. The quantitative estimate of drug-likeness (QED) is 0.845. The fraction of sp³-hybridized carbons (Fsp3) is 0.188. The van der Waals surface area contributed by atoms with E-state index in [9.17, 15) is 22.8 Å². The van der Waals surface area contributed by atoms with Gasteiger partial charge in [-0.05, 0) is 18.6 Å². The van der Waals surface area contributed by atoms with Gasteiger partial charge in [0.15, 0.2) is 5.76 Å². The molecule has 1 aromatic heterocycles. The number of anilines is 1. The number of nitrogens with zero attached hydrogens (tertiary/aromatic N) is 1. The molecule has 1 N–H and O–H groups in total. The molecule has 1 aromatic carbocycles. The highest BCUT2D eigenvalue weighted by Crippen LogP contribution is 2.24. The number of hydrogen-bond donors (Lipinski definition) is 1. The summed E-state index contributed by atoms with van der Waals surface area (Å²) in [5, 5.41) is 5.89. The second kappa shape index (κ2) is 7.12. The smallest absolute Gasteiger partial charge is 0.354 e. The van der Waals surface area contributed by atoms with Crippen LogP contribution in [0.25, 0.3) is 12.2 Å². The summed E-state index contributed by atoms with van der Waals surface area (Å²) >= 11 is 0. The second-order valence-electron chi connectivity index (χ2n) is 4.90. The molecule has 0 bridgehead atoms. The maximum absolute atomic E-state index is 12.2. The molecule has 24 heavy (non-hydrogen) atoms. The molecule has 8 heteroatoms. The molecule has 0 saturated heterocycles. The van der Waals surface area contributed by atoms with Gasteiger partial charge in [-0.3, -0.25) is 9.59 Å². The zero-order valence-corrected chi connectivity index (χ0v) is 12.6. The summed E-state index contributed by atoms with van der Waals surface area (Å²) in [6, 6.07) is 9.17. The lowest BCUT2D eigenvalue weighted by molar-refractivity contribution is -0.171. The van der Waals surface area contributed by atoms with Crippen molar-refractivity contribution in [2.75, 3.05) is 5.32 Å². The Labute approximate surface area is 135 Å². The Morgan fingerprint density at radius 1 is 1.21 bits per heavy atom. The van der Waals surface area contributed by atoms with Crippen LogP contribution in [0.4, 0.5) is 18.9 Å². The van der Waals surface area contributed by atoms with Crippen LogP contribution in [0, 0.1) is 6.92 Å². The first-order valence-corrected chi connectivity index (χ1v) is 6.86. The van der Waals surface area contributed by atoms with Gasteiger partial charge in [0.1, 0.15) is 11.4 Å². The van der Waals surface area contributed by atoms with Crippen LogP contribution < -0.4 is 5.32 Å². The van der Waals surface area contributed by atoms with E-state index >= 15 is 0 Å². The average Bonchev–Trinajstić information content (AvgIpc) is 2.86. The molecule has 5 nitrogen and oxygen atoms in total. The largest absolute Gasteiger partial charge is 0.450 e. The van der Waals surface area contributed by atoms with E-state index in [4.69, 9.17) is 4.52 Å². The zero-order chi connectivity index (χ0) is 17.7. The molecule has 0 aliphatic heterocycles. The monoisotopic (exact) mass is 338 g/mol. The number of ketones is 1. The molecular weight excluding hydrogens is 325 g/mol. The summed E-state index contributed by atoms with van der Waals surface area (Å²) < 4.78 is 41.6. The topological polar surface area (TPSA) is 72.2 Å². The zero-order valence-electron chi connectivity index (χ0n) is 12.6. The van der Waals surface area contributed by atoms with Gasteiger partial charge in [0, 0.05) is 0 Å². The number of hydrogen-bond acceptors (Lipinski definition) is 4. The summed E-state index contributed by atoms with van der Waals surface area (Å²) in [6.07, 6.45) is -3.12. The lowest BCUT2D eigenvalue weighted by atomic mass is 10.2. The highest BCUT2D eigenvalue weighted by molar-refractivity contribution is 6.06. The summed E-state index contributed by atoms with van der Waals surface area (Å²) in [4.78, 5) is 22.5. The molecule has 0 unspecified atom stereocenters. The highest BCUT2D eigenvalue weighted by Gasteiger charge is 2.39. The number of carbonyl (C=O) groups is 2. The maximum atomic E-state index is 12.2. The first kappa shape index (κ1) is 17.5. The lowest BCUT2D eigenvalue weighted by Crippen LogP contribution is -2.28. The molecule has 1 amide bonds. The van der Waals surface area contributed by atoms with Gasteiger partial charge in [-0.1, -0.05) is 41.6 Å². The third-order valence-corrected chi connectivity index (χ3v) is 3.02. The Kier molecular flexibility index (Phi) is 5.18. The van der Waals surface area contributed by atoms with E-state index in [-0.39, 0.29) is 17.1 Å². The Hall–Kier alpha value is -2.90. The van der Waals surface area contributed by atoms with Crippen LogP contribution in [0.15, 0.2) is 34.9 Å². The number of benzene rings is 1. The lowest BCUT2D eigenvalue weighted by Gasteiger charge is -2.06. The number of nitrogens with one attached hydrogen (secondary N) is 1. The van der Waals surface area contributed by atoms with Crippen LogP contribution >= 0.6 is 0 Å². The fourth-order valence-electron chi connectivity index (χ4n) is 1.82. The van der Waals surface area contributed by atoms with E-state index in [0.29, 0.717) is 0 Å². The van der Waals surface area contributed by atoms with Gasteiger partial charge >= 0.3 is 6.18 Å². The summed E-state index contributed by atoms with van der Waals surface area (Å²) in [5.41, 5.74) is 1.27. The number of rotatable bonds is 5. The van der Waals surface area contributed by atoms with Crippen molar-refractivity contribution in [3.63, 3.8) is 0 Å². The minimum absolute atomic E-state index is 0.127. The van der Waals surface area contributed by atoms with E-state index in [2.05, 4.69) is 10.5 Å². The molecule has 2 aromatic rings. The Morgan fingerprint density at radius 2 is 1.88 bits per heavy atom. The predicted molar refractivity (Wildman–Crippen MR) is 80.9 cm³/mol. The Bertz CT molecular complexity index is 765. The van der Waals surface area contributed by atoms with Crippen molar-refractivity contribution in [3.8, 4) is 0 Å². The SMILES string of the molecule is Cc1noc(/C=C/c2ccccc2)c1NC(=O)CC(=O)C(F)(F)F. The normalized spacial score (nSPS) is 11.7. The van der Waals surface area contributed by atoms with Gasteiger partial charge < -0.3 is 9.84 Å². The van der Waals surface area contributed by atoms with E-state index in [1.165, 1.54) is 13.0 Å². The molecule has 0 radical (unpaired) electrons. The first-order valence-electron chi connectivity index (χ1n) is 6.86. The highest BCUT2D eigenvalue weighted by atomic mass is 19.4. The molecule has 0 spiro atoms. The van der Waals surface area contributed by atoms with Crippen LogP contribution in [0.1, 0.15) is 23.4 Å². The van der Waals surface area contributed by atoms with Gasteiger partial charge in [-0.25, -0.2) is 0 Å². The molecule has 1 heterocycles. The maximum Gasteiger partial charge on any atom is 0.450 e. The number of aryl methyl sites for hydroxylation is 1. The Balaban J connectivity index is 2.11. The van der Waals surface area contributed by atoms with Gasteiger partial charge in [-0.2, -0.15) is 13.2 Å². The van der Waals surface area contributed by atoms with Gasteiger partial charge in [0.2, 0.25) is 11.7 Å². The molecule has 0 aliphatic rings. The number of amides is 1. The van der Waals surface area contributed by atoms with Crippen LogP contribution in [-0.4, -0.2) is 23.0 Å². The van der Waals surface area contributed by atoms with Gasteiger partial charge in [0.05, 0.1) is 6.42 Å². The van der Waals surface area contributed by atoms with Crippen molar-refractivity contribution < 1.29 is 27.3 Å². The van der Waals surface area contributed by atoms with E-state index in [1.54, 1.807) is 6.08 Å². The number of Topliss-reactive ketones (excluding diaryl/α,β-unsaturated/α-hetero) is 1. The van der Waals surface area contributed by atoms with Crippen LogP contribution in [-0.2, 0) is 9.59 Å². The van der Waals surface area contributed by atoms with Gasteiger partial charge in [-0.15, -0.1) is 0 Å². The standard InChI is InChI=1S/C16H13F3N2O3/c1-10-15(20-14(23)9-13(22)16(17,18)19)12(24-21-10)8-7-11-5-3-2-4-6-11/h2-8H,9H2,1H3,(H,20,23)/b8-7+. The number of aromatic nitrogens is 1. The fourth-order valence-corrected chi connectivity index (χ4v) is 1.82. The molecular formula is C16H13F3N2O3. The summed E-state index contributed by atoms with van der Waals surface area (Å²) in [5.74, 6) is -3.03. The molecule has 0 saturated carbocycles. The third kappa shape index (κ3) is 4.55. The molecule has 0 aliphatic carbocycles. The number of halogens is 3. The molecule has 2 rings (SSSR count). The average molecular weight is 338 g/mol. The van der Waals surface area contributed by atoms with Crippen LogP contribution in [0.3, 0.4) is 0 Å². The van der Waals surface area contributed by atoms with Crippen molar-refractivity contribution in [1.82, 2.24) is 5.16 Å². The first-order chi connectivity index (χ1) is 11.3. The second-order valence-corrected chi connectivity index (χ2v) is 4.90. The van der Waals surface area contributed by atoms with Crippen LogP contribution in [0.2, 0.25) is 0 Å². The minimum Gasteiger partial charge on any atom is -0.354 e. The number of carbonyl (C=O) groups excluding carboxylic acids is 2. The molecule has 126 valence electrons. The minimum atomic E-state index is -5.04. The Morgan fingerprint density at radius 3 is 2.50 bits per heavy atom. The van der Waals surface area contributed by atoms with Crippen molar-refractivity contribution in [2.24, 2.45) is 0 Å². The van der Waals surface area contributed by atoms with E-state index in [1.807, 2.05) is 30.3 Å².